The topological polar surface area (TPSA) is 105 Å². The van der Waals surface area contributed by atoms with Crippen LogP contribution in [0.4, 0.5) is 10.6 Å². The van der Waals surface area contributed by atoms with E-state index < -0.39 is 0 Å². The summed E-state index contributed by atoms with van der Waals surface area (Å²) >= 11 is 0. The fourth-order valence-electron chi connectivity index (χ4n) is 2.76. The Bertz CT molecular complexity index is 609. The number of amides is 3. The molecule has 1 aromatic heterocycles. The minimum Gasteiger partial charge on any atom is -0.381 e. The summed E-state index contributed by atoms with van der Waals surface area (Å²) in [6.45, 7) is 8.70. The molecule has 0 atom stereocenters. The monoisotopic (exact) mass is 380 g/mol. The summed E-state index contributed by atoms with van der Waals surface area (Å²) in [6.07, 6.45) is 4.11. The van der Waals surface area contributed by atoms with Gasteiger partial charge in [-0.15, -0.1) is 0 Å². The molecule has 8 nitrogen and oxygen atoms in total. The number of unbranched alkanes of at least 4 members (excludes halogenated alkanes) is 1. The zero-order valence-electron chi connectivity index (χ0n) is 16.6. The number of urea groups is 1. The first-order valence-electron chi connectivity index (χ1n) is 9.80. The van der Waals surface area contributed by atoms with Crippen molar-refractivity contribution in [3.63, 3.8) is 0 Å². The van der Waals surface area contributed by atoms with Crippen molar-refractivity contribution in [1.29, 1.82) is 0 Å². The number of hydrogen-bond donors (Lipinski definition) is 3. The lowest BCUT2D eigenvalue weighted by atomic mass is 9.87. The molecule has 1 fully saturated rings. The van der Waals surface area contributed by atoms with E-state index in [1.807, 2.05) is 0 Å². The van der Waals surface area contributed by atoms with E-state index in [1.165, 1.54) is 0 Å². The standard InChI is InChI=1S/C19H32N4O4/c1-4-19(2,3)15-13-16(23-27-15)22-18(25)21-10-6-5-9-20-17(24)14-7-11-26-12-8-14/h13-14H,4-12H2,1-3H3,(H,20,24)(H2,21,22,23,25). The van der Waals surface area contributed by atoms with E-state index >= 15 is 0 Å². The van der Waals surface area contributed by atoms with Gasteiger partial charge in [0.05, 0.1) is 0 Å². The van der Waals surface area contributed by atoms with Crippen LogP contribution in [0.25, 0.3) is 0 Å². The lowest BCUT2D eigenvalue weighted by Gasteiger charge is -2.21. The summed E-state index contributed by atoms with van der Waals surface area (Å²) in [6, 6.07) is 1.45. The Balaban J connectivity index is 1.56. The fraction of sp³-hybridized carbons (Fsp3) is 0.737. The van der Waals surface area contributed by atoms with Crippen molar-refractivity contribution in [1.82, 2.24) is 15.8 Å². The van der Waals surface area contributed by atoms with Crippen molar-refractivity contribution in [2.75, 3.05) is 31.6 Å². The Labute approximate surface area is 160 Å². The number of ether oxygens (including phenoxy) is 1. The molecule has 2 rings (SSSR count). The van der Waals surface area contributed by atoms with E-state index in [9.17, 15) is 9.59 Å². The van der Waals surface area contributed by atoms with Gasteiger partial charge in [-0.05, 0) is 32.1 Å². The second-order valence-corrected chi connectivity index (χ2v) is 7.58. The average molecular weight is 380 g/mol. The lowest BCUT2D eigenvalue weighted by Crippen LogP contribution is -2.35. The Kier molecular flexibility index (Phi) is 8.09. The average Bonchev–Trinajstić information content (AvgIpc) is 3.14. The van der Waals surface area contributed by atoms with Gasteiger partial charge in [0.15, 0.2) is 5.82 Å². The second-order valence-electron chi connectivity index (χ2n) is 7.58. The zero-order chi connectivity index (χ0) is 19.7. The van der Waals surface area contributed by atoms with E-state index in [4.69, 9.17) is 9.26 Å². The third-order valence-electron chi connectivity index (χ3n) is 5.08. The molecule has 0 radical (unpaired) electrons. The van der Waals surface area contributed by atoms with Gasteiger partial charge >= 0.3 is 6.03 Å². The summed E-state index contributed by atoms with van der Waals surface area (Å²) < 4.78 is 10.6. The SMILES string of the molecule is CCC(C)(C)c1cc(NC(=O)NCCCCNC(=O)C2CCOCC2)no1. The first-order chi connectivity index (χ1) is 12.9. The highest BCUT2D eigenvalue weighted by molar-refractivity contribution is 5.88. The van der Waals surface area contributed by atoms with Gasteiger partial charge in [-0.1, -0.05) is 25.9 Å². The van der Waals surface area contributed by atoms with E-state index in [1.54, 1.807) is 6.07 Å². The van der Waals surface area contributed by atoms with Crippen LogP contribution in [0, 0.1) is 5.92 Å². The van der Waals surface area contributed by atoms with Crippen LogP contribution in [-0.4, -0.2) is 43.4 Å². The fourth-order valence-corrected chi connectivity index (χ4v) is 2.76. The van der Waals surface area contributed by atoms with Crippen molar-refractivity contribution in [2.24, 2.45) is 5.92 Å². The third kappa shape index (κ3) is 6.86. The number of hydrogen-bond acceptors (Lipinski definition) is 5. The highest BCUT2D eigenvalue weighted by atomic mass is 16.5. The molecule has 3 amide bonds. The van der Waals surface area contributed by atoms with Crippen LogP contribution in [-0.2, 0) is 14.9 Å². The Morgan fingerprint density at radius 1 is 1.19 bits per heavy atom. The molecule has 0 unspecified atom stereocenters. The molecule has 152 valence electrons. The van der Waals surface area contributed by atoms with Gasteiger partial charge in [-0.25, -0.2) is 4.79 Å². The predicted molar refractivity (Wildman–Crippen MR) is 103 cm³/mol. The largest absolute Gasteiger partial charge is 0.381 e. The van der Waals surface area contributed by atoms with Crippen molar-refractivity contribution in [3.8, 4) is 0 Å². The maximum absolute atomic E-state index is 12.0. The summed E-state index contributed by atoms with van der Waals surface area (Å²) in [7, 11) is 0. The molecule has 8 heteroatoms. The first-order valence-corrected chi connectivity index (χ1v) is 9.80. The number of carbonyl (C=O) groups excluding carboxylic acids is 2. The Morgan fingerprint density at radius 2 is 1.85 bits per heavy atom. The van der Waals surface area contributed by atoms with Crippen LogP contribution in [0.1, 0.15) is 58.6 Å². The van der Waals surface area contributed by atoms with Gasteiger partial charge in [0.25, 0.3) is 0 Å². The van der Waals surface area contributed by atoms with Crippen molar-refractivity contribution < 1.29 is 18.8 Å². The molecule has 1 aromatic rings. The van der Waals surface area contributed by atoms with Gasteiger partial charge < -0.3 is 19.9 Å². The number of nitrogens with zero attached hydrogens (tertiary/aromatic N) is 1. The van der Waals surface area contributed by atoms with Crippen LogP contribution in [0.2, 0.25) is 0 Å². The summed E-state index contributed by atoms with van der Waals surface area (Å²) in [4.78, 5) is 23.9. The summed E-state index contributed by atoms with van der Waals surface area (Å²) in [5.41, 5.74) is -0.113. The first kappa shape index (κ1) is 21.2. The van der Waals surface area contributed by atoms with Crippen LogP contribution in [0.15, 0.2) is 10.6 Å². The summed E-state index contributed by atoms with van der Waals surface area (Å²) in [5, 5.41) is 12.3. The van der Waals surface area contributed by atoms with Gasteiger partial charge in [0, 0.05) is 43.7 Å². The van der Waals surface area contributed by atoms with E-state index in [0.717, 1.165) is 37.9 Å². The maximum Gasteiger partial charge on any atom is 0.320 e. The minimum absolute atomic E-state index is 0.0766. The molecule has 3 N–H and O–H groups in total. The minimum atomic E-state index is -0.310. The molecule has 0 spiro atoms. The van der Waals surface area contributed by atoms with E-state index in [-0.39, 0.29) is 23.3 Å². The molecular weight excluding hydrogens is 348 g/mol. The zero-order valence-corrected chi connectivity index (χ0v) is 16.6. The van der Waals surface area contributed by atoms with Gasteiger partial charge in [-0.3, -0.25) is 10.1 Å². The van der Waals surface area contributed by atoms with Gasteiger partial charge in [-0.2, -0.15) is 0 Å². The van der Waals surface area contributed by atoms with Crippen LogP contribution >= 0.6 is 0 Å². The molecule has 1 aliphatic rings. The Hall–Kier alpha value is -2.09. The smallest absolute Gasteiger partial charge is 0.320 e. The van der Waals surface area contributed by atoms with Gasteiger partial charge in [0.1, 0.15) is 5.76 Å². The molecule has 0 aliphatic carbocycles. The molecule has 0 saturated carbocycles. The maximum atomic E-state index is 12.0. The molecular formula is C19H32N4O4. The highest BCUT2D eigenvalue weighted by Crippen LogP contribution is 2.28. The number of aromatic nitrogens is 1. The van der Waals surface area contributed by atoms with Crippen LogP contribution in [0.5, 0.6) is 0 Å². The molecule has 0 bridgehead atoms. The predicted octanol–water partition coefficient (Wildman–Crippen LogP) is 2.81. The van der Waals surface area contributed by atoms with E-state index in [2.05, 4.69) is 41.9 Å². The van der Waals surface area contributed by atoms with Crippen molar-refractivity contribution in [3.05, 3.63) is 11.8 Å². The van der Waals surface area contributed by atoms with E-state index in [0.29, 0.717) is 32.1 Å². The Morgan fingerprint density at radius 3 is 2.52 bits per heavy atom. The lowest BCUT2D eigenvalue weighted by molar-refractivity contribution is -0.127. The molecule has 1 aliphatic heterocycles. The van der Waals surface area contributed by atoms with Crippen molar-refractivity contribution >= 4 is 17.8 Å². The number of carbonyl (C=O) groups is 2. The second kappa shape index (κ2) is 10.3. The van der Waals surface area contributed by atoms with Crippen molar-refractivity contribution in [2.45, 2.75) is 58.3 Å². The number of nitrogens with one attached hydrogen (secondary N) is 3. The normalized spacial score (nSPS) is 15.4. The molecule has 2 heterocycles. The molecule has 1 saturated heterocycles. The molecule has 0 aromatic carbocycles. The third-order valence-corrected chi connectivity index (χ3v) is 5.08. The number of rotatable bonds is 9. The van der Waals surface area contributed by atoms with Crippen LogP contribution < -0.4 is 16.0 Å². The van der Waals surface area contributed by atoms with Gasteiger partial charge in [0.2, 0.25) is 5.91 Å². The van der Waals surface area contributed by atoms with Crippen LogP contribution in [0.3, 0.4) is 0 Å². The number of anilines is 1. The quantitative estimate of drug-likeness (QED) is 0.571. The summed E-state index contributed by atoms with van der Waals surface area (Å²) in [5.74, 6) is 1.35. The highest BCUT2D eigenvalue weighted by Gasteiger charge is 2.24. The molecule has 27 heavy (non-hydrogen) atoms.